The summed E-state index contributed by atoms with van der Waals surface area (Å²) >= 11 is 0. The first-order chi connectivity index (χ1) is 10.6. The van der Waals surface area contributed by atoms with Crippen LogP contribution in [0.4, 0.5) is 0 Å². The van der Waals surface area contributed by atoms with Gasteiger partial charge in [0.05, 0.1) is 5.60 Å². The third-order valence-electron chi connectivity index (χ3n) is 4.64. The maximum absolute atomic E-state index is 12.3. The van der Waals surface area contributed by atoms with Crippen molar-refractivity contribution in [1.29, 1.82) is 0 Å². The molecule has 0 aliphatic heterocycles. The van der Waals surface area contributed by atoms with E-state index in [1.165, 1.54) is 0 Å². The van der Waals surface area contributed by atoms with Gasteiger partial charge in [0, 0.05) is 17.4 Å². The summed E-state index contributed by atoms with van der Waals surface area (Å²) in [6.07, 6.45) is 2.57. The highest BCUT2D eigenvalue weighted by molar-refractivity contribution is 6.09. The van der Waals surface area contributed by atoms with Crippen LogP contribution in [-0.4, -0.2) is 28.1 Å². The van der Waals surface area contributed by atoms with Crippen LogP contribution in [0.15, 0.2) is 42.5 Å². The summed E-state index contributed by atoms with van der Waals surface area (Å²) in [6, 6.07) is 14.1. The molecule has 3 aromatic rings. The normalized spacial score (nSPS) is 16.6. The number of H-pyrrole nitrogens is 1. The predicted molar refractivity (Wildman–Crippen MR) is 86.9 cm³/mol. The van der Waals surface area contributed by atoms with Crippen LogP contribution in [0.2, 0.25) is 0 Å². The van der Waals surface area contributed by atoms with E-state index in [1.54, 1.807) is 0 Å². The minimum atomic E-state index is -0.700. The maximum Gasteiger partial charge on any atom is 0.267 e. The summed E-state index contributed by atoms with van der Waals surface area (Å²) in [5, 5.41) is 16.2. The molecular weight excluding hydrogens is 276 g/mol. The number of amides is 1. The number of carbonyl (C=O) groups is 1. The van der Waals surface area contributed by atoms with Crippen LogP contribution in [0.1, 0.15) is 29.8 Å². The van der Waals surface area contributed by atoms with Crippen molar-refractivity contribution in [1.82, 2.24) is 10.3 Å². The van der Waals surface area contributed by atoms with Crippen molar-refractivity contribution >= 4 is 27.6 Å². The first-order valence-corrected chi connectivity index (χ1v) is 7.66. The van der Waals surface area contributed by atoms with Gasteiger partial charge in [-0.25, -0.2) is 0 Å². The second-order valence-electron chi connectivity index (χ2n) is 6.19. The number of aromatic nitrogens is 1. The van der Waals surface area contributed by atoms with E-state index in [1.807, 2.05) is 30.3 Å². The summed E-state index contributed by atoms with van der Waals surface area (Å²) in [6.45, 7) is 0.321. The number of hydrogen-bond acceptors (Lipinski definition) is 2. The zero-order valence-electron chi connectivity index (χ0n) is 12.2. The SMILES string of the molecule is O=C(NCC1(O)CCC1)c1cc2c(ccc3ccccc32)[nH]1. The Morgan fingerprint density at radius 1 is 1.18 bits per heavy atom. The van der Waals surface area contributed by atoms with Crippen molar-refractivity contribution < 1.29 is 9.90 Å². The zero-order valence-corrected chi connectivity index (χ0v) is 12.2. The summed E-state index contributed by atoms with van der Waals surface area (Å²) in [5.41, 5.74) is 0.787. The quantitative estimate of drug-likeness (QED) is 0.695. The zero-order chi connectivity index (χ0) is 15.2. The Kier molecular flexibility index (Phi) is 2.94. The largest absolute Gasteiger partial charge is 0.388 e. The van der Waals surface area contributed by atoms with Gasteiger partial charge in [-0.3, -0.25) is 4.79 Å². The van der Waals surface area contributed by atoms with Crippen molar-refractivity contribution in [2.45, 2.75) is 24.9 Å². The summed E-state index contributed by atoms with van der Waals surface area (Å²) in [7, 11) is 0. The molecule has 2 aromatic carbocycles. The van der Waals surface area contributed by atoms with Crippen LogP contribution in [0.3, 0.4) is 0 Å². The molecule has 0 atom stereocenters. The fourth-order valence-corrected chi connectivity index (χ4v) is 3.11. The molecule has 1 aliphatic rings. The van der Waals surface area contributed by atoms with E-state index in [4.69, 9.17) is 0 Å². The number of aliphatic hydroxyl groups is 1. The molecule has 1 heterocycles. The van der Waals surface area contributed by atoms with Crippen molar-refractivity contribution in [3.63, 3.8) is 0 Å². The fraction of sp³-hybridized carbons (Fsp3) is 0.278. The lowest BCUT2D eigenvalue weighted by Gasteiger charge is -2.36. The third-order valence-corrected chi connectivity index (χ3v) is 4.64. The standard InChI is InChI=1S/C18H18N2O2/c21-17(19-11-18(22)8-3-9-18)16-10-14-13-5-2-1-4-12(13)6-7-15(14)20-16/h1-2,4-7,10,20,22H,3,8-9,11H2,(H,19,21). The maximum atomic E-state index is 12.3. The molecule has 22 heavy (non-hydrogen) atoms. The van der Waals surface area contributed by atoms with E-state index in [-0.39, 0.29) is 5.91 Å². The number of carbonyl (C=O) groups excluding carboxylic acids is 1. The lowest BCUT2D eigenvalue weighted by atomic mass is 9.80. The van der Waals surface area contributed by atoms with Gasteiger partial charge in [-0.15, -0.1) is 0 Å². The Morgan fingerprint density at radius 2 is 2.00 bits per heavy atom. The smallest absolute Gasteiger partial charge is 0.267 e. The van der Waals surface area contributed by atoms with Crippen molar-refractivity contribution in [3.8, 4) is 0 Å². The van der Waals surface area contributed by atoms with Gasteiger partial charge >= 0.3 is 0 Å². The minimum absolute atomic E-state index is 0.166. The fourth-order valence-electron chi connectivity index (χ4n) is 3.11. The highest BCUT2D eigenvalue weighted by Crippen LogP contribution is 2.31. The van der Waals surface area contributed by atoms with Gasteiger partial charge in [0.1, 0.15) is 5.69 Å². The van der Waals surface area contributed by atoms with Crippen LogP contribution < -0.4 is 5.32 Å². The van der Waals surface area contributed by atoms with Crippen molar-refractivity contribution in [2.24, 2.45) is 0 Å². The Morgan fingerprint density at radius 3 is 2.77 bits per heavy atom. The molecule has 0 bridgehead atoms. The molecule has 112 valence electrons. The monoisotopic (exact) mass is 294 g/mol. The van der Waals surface area contributed by atoms with Crippen LogP contribution in [0.5, 0.6) is 0 Å². The third kappa shape index (κ3) is 2.16. The van der Waals surface area contributed by atoms with E-state index >= 15 is 0 Å². The second kappa shape index (κ2) is 4.85. The van der Waals surface area contributed by atoms with Gasteiger partial charge < -0.3 is 15.4 Å². The Labute approximate surface area is 128 Å². The van der Waals surface area contributed by atoms with E-state index in [2.05, 4.69) is 22.4 Å². The molecule has 3 N–H and O–H groups in total. The molecule has 1 aliphatic carbocycles. The molecule has 1 amide bonds. The molecule has 0 spiro atoms. The number of benzene rings is 2. The molecule has 4 heteroatoms. The Balaban J connectivity index is 1.64. The summed E-state index contributed by atoms with van der Waals surface area (Å²) < 4.78 is 0. The van der Waals surface area contributed by atoms with Crippen LogP contribution in [0, 0.1) is 0 Å². The predicted octanol–water partition coefficient (Wildman–Crippen LogP) is 2.97. The van der Waals surface area contributed by atoms with E-state index in [0.29, 0.717) is 12.2 Å². The number of nitrogens with one attached hydrogen (secondary N) is 2. The van der Waals surface area contributed by atoms with Gasteiger partial charge in [-0.1, -0.05) is 30.3 Å². The molecule has 1 fully saturated rings. The van der Waals surface area contributed by atoms with Gasteiger partial charge in [0.15, 0.2) is 0 Å². The molecule has 4 nitrogen and oxygen atoms in total. The average molecular weight is 294 g/mol. The van der Waals surface area contributed by atoms with Gasteiger partial charge in [-0.2, -0.15) is 0 Å². The summed E-state index contributed by atoms with van der Waals surface area (Å²) in [5.74, 6) is -0.166. The van der Waals surface area contributed by atoms with Crippen molar-refractivity contribution in [3.05, 3.63) is 48.2 Å². The van der Waals surface area contributed by atoms with Gasteiger partial charge in [0.2, 0.25) is 0 Å². The molecule has 4 rings (SSSR count). The number of aromatic amines is 1. The van der Waals surface area contributed by atoms with Crippen LogP contribution in [0.25, 0.3) is 21.7 Å². The highest BCUT2D eigenvalue weighted by Gasteiger charge is 2.34. The lowest BCUT2D eigenvalue weighted by molar-refractivity contribution is -0.0300. The van der Waals surface area contributed by atoms with Crippen LogP contribution >= 0.6 is 0 Å². The molecule has 0 radical (unpaired) electrons. The summed E-state index contributed by atoms with van der Waals surface area (Å²) in [4.78, 5) is 15.4. The molecule has 1 saturated carbocycles. The molecule has 0 unspecified atom stereocenters. The van der Waals surface area contributed by atoms with E-state index in [0.717, 1.165) is 40.9 Å². The Hall–Kier alpha value is -2.33. The second-order valence-corrected chi connectivity index (χ2v) is 6.19. The lowest BCUT2D eigenvalue weighted by Crippen LogP contribution is -2.47. The highest BCUT2D eigenvalue weighted by atomic mass is 16.3. The topological polar surface area (TPSA) is 65.1 Å². The van der Waals surface area contributed by atoms with E-state index < -0.39 is 5.60 Å². The average Bonchev–Trinajstić information content (AvgIpc) is 2.95. The Bertz CT molecular complexity index is 862. The first-order valence-electron chi connectivity index (χ1n) is 7.66. The van der Waals surface area contributed by atoms with Crippen molar-refractivity contribution in [2.75, 3.05) is 6.54 Å². The number of fused-ring (bicyclic) bond motifs is 3. The van der Waals surface area contributed by atoms with Gasteiger partial charge in [0.25, 0.3) is 5.91 Å². The number of hydrogen-bond donors (Lipinski definition) is 3. The van der Waals surface area contributed by atoms with Crippen LogP contribution in [-0.2, 0) is 0 Å². The minimum Gasteiger partial charge on any atom is -0.388 e. The number of rotatable bonds is 3. The van der Waals surface area contributed by atoms with E-state index in [9.17, 15) is 9.90 Å². The molecular formula is C18H18N2O2. The molecule has 1 aromatic heterocycles. The first kappa shape index (κ1) is 13.3. The molecule has 0 saturated heterocycles. The van der Waals surface area contributed by atoms with Gasteiger partial charge in [-0.05, 0) is 42.2 Å².